The maximum Gasteiger partial charge on any atom is 0.341 e. The second kappa shape index (κ2) is 8.48. The highest BCUT2D eigenvalue weighted by Crippen LogP contribution is 2.35. The summed E-state index contributed by atoms with van der Waals surface area (Å²) in [5.41, 5.74) is 0.777. The predicted octanol–water partition coefficient (Wildman–Crippen LogP) is 3.04. The number of nitrogens with one attached hydrogen (secondary N) is 1. The van der Waals surface area contributed by atoms with Crippen LogP contribution in [0.15, 0.2) is 0 Å². The van der Waals surface area contributed by atoms with E-state index < -0.39 is 11.9 Å². The van der Waals surface area contributed by atoms with E-state index in [4.69, 9.17) is 16.3 Å². The summed E-state index contributed by atoms with van der Waals surface area (Å²) in [5, 5.41) is 2.91. The van der Waals surface area contributed by atoms with Crippen LogP contribution in [0.2, 0.25) is 0 Å². The Kier molecular flexibility index (Phi) is 6.62. The Morgan fingerprint density at radius 1 is 1.25 bits per heavy atom. The Balaban J connectivity index is 2.37. The van der Waals surface area contributed by atoms with E-state index in [0.29, 0.717) is 28.5 Å². The number of likely N-dealkylation sites (tertiary alicyclic amines) is 1. The van der Waals surface area contributed by atoms with Crippen LogP contribution in [0, 0.1) is 6.92 Å². The van der Waals surface area contributed by atoms with E-state index in [1.54, 1.807) is 18.7 Å². The first-order valence-electron chi connectivity index (χ1n) is 7.95. The number of anilines is 1. The summed E-state index contributed by atoms with van der Waals surface area (Å²) in [5.74, 6) is -1.31. The topological polar surface area (TPSA) is 75.7 Å². The molecule has 1 fully saturated rings. The second-order valence-electron chi connectivity index (χ2n) is 5.52. The van der Waals surface area contributed by atoms with Crippen LogP contribution in [0.25, 0.3) is 0 Å². The largest absolute Gasteiger partial charge is 0.462 e. The molecule has 0 unspecified atom stereocenters. The SMILES string of the molecule is CCOC(=O)c1c(NC(=O)CCl)sc(C(=O)N2CCCCC2)c1C. The van der Waals surface area contributed by atoms with Gasteiger partial charge in [-0.3, -0.25) is 9.59 Å². The number of thiophene rings is 1. The monoisotopic (exact) mass is 372 g/mol. The Labute approximate surface area is 150 Å². The minimum absolute atomic E-state index is 0.103. The molecule has 1 aliphatic heterocycles. The van der Waals surface area contributed by atoms with Gasteiger partial charge in [0.05, 0.1) is 17.0 Å². The van der Waals surface area contributed by atoms with Gasteiger partial charge in [-0.25, -0.2) is 4.79 Å². The molecule has 0 aliphatic carbocycles. The first kappa shape index (κ1) is 18.7. The summed E-state index contributed by atoms with van der Waals surface area (Å²) in [6.07, 6.45) is 3.09. The molecule has 8 heteroatoms. The van der Waals surface area contributed by atoms with Crippen LogP contribution in [0.1, 0.15) is 51.8 Å². The van der Waals surface area contributed by atoms with Crippen molar-refractivity contribution in [2.45, 2.75) is 33.1 Å². The molecule has 1 saturated heterocycles. The van der Waals surface area contributed by atoms with Gasteiger partial charge in [0.1, 0.15) is 10.9 Å². The summed E-state index contributed by atoms with van der Waals surface area (Å²) < 4.78 is 5.06. The molecule has 2 rings (SSSR count). The highest BCUT2D eigenvalue weighted by atomic mass is 35.5. The molecule has 2 heterocycles. The molecule has 0 aromatic carbocycles. The Morgan fingerprint density at radius 2 is 1.92 bits per heavy atom. The lowest BCUT2D eigenvalue weighted by atomic mass is 10.1. The molecule has 1 aromatic heterocycles. The number of amides is 2. The number of hydrogen-bond donors (Lipinski definition) is 1. The lowest BCUT2D eigenvalue weighted by Gasteiger charge is -2.26. The molecule has 24 heavy (non-hydrogen) atoms. The molecule has 0 atom stereocenters. The van der Waals surface area contributed by atoms with Crippen molar-refractivity contribution in [2.75, 3.05) is 30.9 Å². The number of piperidine rings is 1. The first-order chi connectivity index (χ1) is 11.5. The molecule has 2 amide bonds. The molecule has 1 aliphatic rings. The van der Waals surface area contributed by atoms with Crippen molar-refractivity contribution in [3.05, 3.63) is 16.0 Å². The summed E-state index contributed by atoms with van der Waals surface area (Å²) in [7, 11) is 0. The molecular weight excluding hydrogens is 352 g/mol. The van der Waals surface area contributed by atoms with E-state index in [0.717, 1.165) is 30.6 Å². The van der Waals surface area contributed by atoms with Crippen LogP contribution < -0.4 is 5.32 Å². The highest BCUT2D eigenvalue weighted by molar-refractivity contribution is 7.18. The smallest absolute Gasteiger partial charge is 0.341 e. The predicted molar refractivity (Wildman–Crippen MR) is 94.1 cm³/mol. The lowest BCUT2D eigenvalue weighted by molar-refractivity contribution is -0.113. The number of nitrogens with zero attached hydrogens (tertiary/aromatic N) is 1. The maximum absolute atomic E-state index is 12.8. The number of alkyl halides is 1. The Morgan fingerprint density at radius 3 is 2.50 bits per heavy atom. The zero-order valence-corrected chi connectivity index (χ0v) is 15.4. The molecule has 1 N–H and O–H groups in total. The van der Waals surface area contributed by atoms with Gasteiger partial charge in [0.2, 0.25) is 5.91 Å². The normalized spacial score (nSPS) is 14.4. The average molecular weight is 373 g/mol. The molecule has 6 nitrogen and oxygen atoms in total. The van der Waals surface area contributed by atoms with E-state index in [-0.39, 0.29) is 24.0 Å². The number of ether oxygens (including phenoxy) is 1. The van der Waals surface area contributed by atoms with Gasteiger partial charge < -0.3 is 15.0 Å². The van der Waals surface area contributed by atoms with Crippen LogP contribution in [-0.4, -0.2) is 48.3 Å². The van der Waals surface area contributed by atoms with E-state index in [1.807, 2.05) is 0 Å². The molecule has 132 valence electrons. The molecule has 0 spiro atoms. The van der Waals surface area contributed by atoms with Crippen LogP contribution in [0.3, 0.4) is 0 Å². The number of carbonyl (C=O) groups excluding carboxylic acids is 3. The number of carbonyl (C=O) groups is 3. The van der Waals surface area contributed by atoms with Crippen molar-refractivity contribution in [1.82, 2.24) is 4.90 Å². The molecule has 1 aromatic rings. The van der Waals surface area contributed by atoms with Gasteiger partial charge in [-0.1, -0.05) is 0 Å². The third-order valence-electron chi connectivity index (χ3n) is 3.84. The fourth-order valence-corrected chi connectivity index (χ4v) is 3.90. The van der Waals surface area contributed by atoms with Gasteiger partial charge in [-0.2, -0.15) is 0 Å². The Hall–Kier alpha value is -1.60. The van der Waals surface area contributed by atoms with Crippen molar-refractivity contribution in [2.24, 2.45) is 0 Å². The number of esters is 1. The average Bonchev–Trinajstić information content (AvgIpc) is 2.91. The summed E-state index contributed by atoms with van der Waals surface area (Å²) in [6.45, 7) is 5.06. The van der Waals surface area contributed by atoms with Crippen molar-refractivity contribution in [3.8, 4) is 0 Å². The quantitative estimate of drug-likeness (QED) is 0.636. The first-order valence-corrected chi connectivity index (χ1v) is 9.30. The van der Waals surface area contributed by atoms with Crippen LogP contribution in [0.4, 0.5) is 5.00 Å². The molecule has 0 radical (unpaired) electrons. The van der Waals surface area contributed by atoms with Gasteiger partial charge in [-0.05, 0) is 38.7 Å². The Bertz CT molecular complexity index is 638. The van der Waals surface area contributed by atoms with Crippen LogP contribution in [0.5, 0.6) is 0 Å². The lowest BCUT2D eigenvalue weighted by Crippen LogP contribution is -2.35. The maximum atomic E-state index is 12.8. The van der Waals surface area contributed by atoms with Gasteiger partial charge in [-0.15, -0.1) is 22.9 Å². The van der Waals surface area contributed by atoms with Crippen molar-refractivity contribution < 1.29 is 19.1 Å². The van der Waals surface area contributed by atoms with Gasteiger partial charge >= 0.3 is 5.97 Å². The van der Waals surface area contributed by atoms with Crippen molar-refractivity contribution >= 4 is 45.7 Å². The van der Waals surface area contributed by atoms with Crippen LogP contribution >= 0.6 is 22.9 Å². The van der Waals surface area contributed by atoms with Crippen molar-refractivity contribution in [1.29, 1.82) is 0 Å². The zero-order chi connectivity index (χ0) is 17.7. The van der Waals surface area contributed by atoms with E-state index in [9.17, 15) is 14.4 Å². The number of rotatable bonds is 5. The third kappa shape index (κ3) is 4.08. The van der Waals surface area contributed by atoms with E-state index >= 15 is 0 Å². The van der Waals surface area contributed by atoms with Gasteiger partial charge in [0.15, 0.2) is 0 Å². The molecule has 0 bridgehead atoms. The minimum atomic E-state index is -0.547. The fraction of sp³-hybridized carbons (Fsp3) is 0.562. The molecule has 0 saturated carbocycles. The van der Waals surface area contributed by atoms with Gasteiger partial charge in [0, 0.05) is 13.1 Å². The van der Waals surface area contributed by atoms with Crippen molar-refractivity contribution in [3.63, 3.8) is 0 Å². The summed E-state index contributed by atoms with van der Waals surface area (Å²) in [4.78, 5) is 38.9. The molecular formula is C16H21ClN2O4S. The summed E-state index contributed by atoms with van der Waals surface area (Å²) in [6, 6.07) is 0. The van der Waals surface area contributed by atoms with E-state index in [1.165, 1.54) is 0 Å². The minimum Gasteiger partial charge on any atom is -0.462 e. The highest BCUT2D eigenvalue weighted by Gasteiger charge is 2.29. The zero-order valence-electron chi connectivity index (χ0n) is 13.8. The summed E-state index contributed by atoms with van der Waals surface area (Å²) >= 11 is 6.63. The number of hydrogen-bond acceptors (Lipinski definition) is 5. The third-order valence-corrected chi connectivity index (χ3v) is 5.28. The number of halogens is 1. The van der Waals surface area contributed by atoms with Gasteiger partial charge in [0.25, 0.3) is 5.91 Å². The standard InChI is InChI=1S/C16H21ClN2O4S/c1-3-23-16(22)12-10(2)13(24-14(12)18-11(20)9-17)15(21)19-7-5-4-6-8-19/h3-9H2,1-2H3,(H,18,20). The van der Waals surface area contributed by atoms with E-state index in [2.05, 4.69) is 5.32 Å². The van der Waals surface area contributed by atoms with Crippen LogP contribution in [-0.2, 0) is 9.53 Å². The fourth-order valence-electron chi connectivity index (χ4n) is 2.66. The second-order valence-corrected chi connectivity index (χ2v) is 6.80.